The van der Waals surface area contributed by atoms with E-state index < -0.39 is 11.7 Å². The van der Waals surface area contributed by atoms with Crippen LogP contribution in [0.2, 0.25) is 0 Å². The first kappa shape index (κ1) is 13.9. The molecule has 2 N–H and O–H groups in total. The summed E-state index contributed by atoms with van der Waals surface area (Å²) in [5.74, 6) is 0.691. The van der Waals surface area contributed by atoms with Crippen LogP contribution in [-0.4, -0.2) is 14.8 Å². The highest BCUT2D eigenvalue weighted by molar-refractivity contribution is 5.34. The van der Waals surface area contributed by atoms with Crippen LogP contribution in [0.4, 0.5) is 19.1 Å². The van der Waals surface area contributed by atoms with Gasteiger partial charge in [0, 0.05) is 18.4 Å². The monoisotopic (exact) mass is 296 g/mol. The van der Waals surface area contributed by atoms with Crippen molar-refractivity contribution in [2.75, 3.05) is 5.73 Å². The van der Waals surface area contributed by atoms with Crippen LogP contribution in [0.5, 0.6) is 0 Å². The second-order valence-electron chi connectivity index (χ2n) is 5.43. The fraction of sp³-hybridized carbons (Fsp3) is 0.429. The molecule has 2 atom stereocenters. The summed E-state index contributed by atoms with van der Waals surface area (Å²) in [7, 11) is 0. The Bertz CT molecular complexity index is 662. The standard InChI is InChI=1S/C14H15F3N4/c1-8-6-9(7-21-12(8)19-13(18)20-21)10-4-2-3-5-11(10)14(15,16)17/h2-5,8-9H,6-7H2,1H3,(H2,18,20). The number of nitrogens with two attached hydrogens (primary N) is 1. The number of fused-ring (bicyclic) bond motifs is 1. The van der Waals surface area contributed by atoms with Crippen molar-refractivity contribution in [1.29, 1.82) is 0 Å². The third-order valence-corrected chi connectivity index (χ3v) is 3.89. The van der Waals surface area contributed by atoms with E-state index in [0.29, 0.717) is 18.5 Å². The quantitative estimate of drug-likeness (QED) is 0.879. The Morgan fingerprint density at radius 3 is 2.71 bits per heavy atom. The number of alkyl halides is 3. The maximum Gasteiger partial charge on any atom is 0.416 e. The smallest absolute Gasteiger partial charge is 0.366 e. The van der Waals surface area contributed by atoms with Crippen molar-refractivity contribution < 1.29 is 13.2 Å². The minimum atomic E-state index is -4.35. The van der Waals surface area contributed by atoms with Gasteiger partial charge >= 0.3 is 6.18 Å². The summed E-state index contributed by atoms with van der Waals surface area (Å²) in [6, 6.07) is 5.73. The van der Waals surface area contributed by atoms with Gasteiger partial charge in [0.05, 0.1) is 5.56 Å². The van der Waals surface area contributed by atoms with E-state index in [1.54, 1.807) is 16.8 Å². The van der Waals surface area contributed by atoms with Gasteiger partial charge in [-0.1, -0.05) is 25.1 Å². The highest BCUT2D eigenvalue weighted by Gasteiger charge is 2.37. The van der Waals surface area contributed by atoms with Crippen LogP contribution in [-0.2, 0) is 12.7 Å². The number of hydrogen-bond donors (Lipinski definition) is 1. The van der Waals surface area contributed by atoms with Crippen LogP contribution in [0.25, 0.3) is 0 Å². The maximum atomic E-state index is 13.1. The Balaban J connectivity index is 2.00. The van der Waals surface area contributed by atoms with Crippen LogP contribution in [0.1, 0.15) is 42.1 Å². The molecule has 0 fully saturated rings. The zero-order valence-electron chi connectivity index (χ0n) is 11.4. The van der Waals surface area contributed by atoms with E-state index in [9.17, 15) is 13.2 Å². The van der Waals surface area contributed by atoms with Gasteiger partial charge in [0.15, 0.2) is 0 Å². The number of halogens is 3. The average molecular weight is 296 g/mol. The zero-order chi connectivity index (χ0) is 15.2. The lowest BCUT2D eigenvalue weighted by molar-refractivity contribution is -0.138. The van der Waals surface area contributed by atoms with Crippen LogP contribution >= 0.6 is 0 Å². The van der Waals surface area contributed by atoms with Crippen molar-refractivity contribution in [3.8, 4) is 0 Å². The number of nitrogen functional groups attached to an aromatic ring is 1. The highest BCUT2D eigenvalue weighted by atomic mass is 19.4. The molecular weight excluding hydrogens is 281 g/mol. The molecule has 2 heterocycles. The van der Waals surface area contributed by atoms with Gasteiger partial charge in [-0.2, -0.15) is 18.2 Å². The second-order valence-corrected chi connectivity index (χ2v) is 5.43. The molecule has 0 bridgehead atoms. The third-order valence-electron chi connectivity index (χ3n) is 3.89. The Morgan fingerprint density at radius 1 is 1.29 bits per heavy atom. The number of benzene rings is 1. The number of hydrogen-bond acceptors (Lipinski definition) is 3. The zero-order valence-corrected chi connectivity index (χ0v) is 11.4. The van der Waals surface area contributed by atoms with Crippen LogP contribution in [0, 0.1) is 0 Å². The minimum absolute atomic E-state index is 0.0230. The minimum Gasteiger partial charge on any atom is -0.366 e. The molecule has 1 aromatic heterocycles. The van der Waals surface area contributed by atoms with E-state index in [4.69, 9.17) is 5.73 Å². The van der Waals surface area contributed by atoms with Crippen LogP contribution < -0.4 is 5.73 Å². The van der Waals surface area contributed by atoms with Crippen LogP contribution in [0.3, 0.4) is 0 Å². The molecule has 1 aliphatic rings. The predicted octanol–water partition coefficient (Wildman–Crippen LogP) is 3.17. The molecule has 0 saturated heterocycles. The van der Waals surface area contributed by atoms with E-state index in [1.165, 1.54) is 6.07 Å². The molecule has 2 aromatic rings. The van der Waals surface area contributed by atoms with Crippen molar-refractivity contribution in [1.82, 2.24) is 14.8 Å². The van der Waals surface area contributed by atoms with Crippen molar-refractivity contribution in [3.05, 3.63) is 41.2 Å². The van der Waals surface area contributed by atoms with Crippen molar-refractivity contribution in [2.24, 2.45) is 0 Å². The molecule has 3 rings (SSSR count). The largest absolute Gasteiger partial charge is 0.416 e. The summed E-state index contributed by atoms with van der Waals surface area (Å²) in [4.78, 5) is 4.14. The van der Waals surface area contributed by atoms with E-state index in [1.807, 2.05) is 6.92 Å². The van der Waals surface area contributed by atoms with Crippen molar-refractivity contribution >= 4 is 5.95 Å². The fourth-order valence-electron chi connectivity index (χ4n) is 3.02. The van der Waals surface area contributed by atoms with Gasteiger partial charge in [0.1, 0.15) is 5.82 Å². The molecule has 0 saturated carbocycles. The highest BCUT2D eigenvalue weighted by Crippen LogP contribution is 2.41. The third kappa shape index (κ3) is 2.48. The van der Waals surface area contributed by atoms with E-state index in [-0.39, 0.29) is 17.8 Å². The van der Waals surface area contributed by atoms with Gasteiger partial charge in [0.25, 0.3) is 0 Å². The second kappa shape index (κ2) is 4.75. The molecule has 0 aliphatic carbocycles. The van der Waals surface area contributed by atoms with E-state index in [0.717, 1.165) is 11.9 Å². The molecule has 112 valence electrons. The first-order valence-electron chi connectivity index (χ1n) is 6.72. The van der Waals surface area contributed by atoms with Crippen LogP contribution in [0.15, 0.2) is 24.3 Å². The Kier molecular flexibility index (Phi) is 3.15. The molecule has 1 aliphatic heterocycles. The first-order valence-corrected chi connectivity index (χ1v) is 6.72. The maximum absolute atomic E-state index is 13.1. The van der Waals surface area contributed by atoms with E-state index >= 15 is 0 Å². The molecule has 0 radical (unpaired) electrons. The molecule has 1 aromatic carbocycles. The van der Waals surface area contributed by atoms with Gasteiger partial charge in [0.2, 0.25) is 5.95 Å². The summed E-state index contributed by atoms with van der Waals surface area (Å²) in [5.41, 5.74) is 5.33. The Morgan fingerprint density at radius 2 is 2.00 bits per heavy atom. The molecule has 0 spiro atoms. The van der Waals surface area contributed by atoms with Gasteiger partial charge in [-0.3, -0.25) is 0 Å². The Hall–Kier alpha value is -2.05. The number of anilines is 1. The summed E-state index contributed by atoms with van der Waals surface area (Å²) in [6.45, 7) is 2.30. The summed E-state index contributed by atoms with van der Waals surface area (Å²) in [6.07, 6.45) is -3.74. The number of aromatic nitrogens is 3. The molecular formula is C14H15F3N4. The molecule has 0 amide bonds. The van der Waals surface area contributed by atoms with Gasteiger partial charge in [-0.05, 0) is 18.1 Å². The number of nitrogens with zero attached hydrogens (tertiary/aromatic N) is 3. The SMILES string of the molecule is CC1CC(c2ccccc2C(F)(F)F)Cn2nc(N)nc21. The van der Waals surface area contributed by atoms with Gasteiger partial charge < -0.3 is 5.73 Å². The van der Waals surface area contributed by atoms with Crippen molar-refractivity contribution in [2.45, 2.75) is 37.9 Å². The normalized spacial score (nSPS) is 22.1. The molecule has 7 heteroatoms. The fourth-order valence-corrected chi connectivity index (χ4v) is 3.02. The molecule has 4 nitrogen and oxygen atoms in total. The summed E-state index contributed by atoms with van der Waals surface area (Å²) < 4.78 is 41.1. The van der Waals surface area contributed by atoms with E-state index in [2.05, 4.69) is 10.1 Å². The van der Waals surface area contributed by atoms with Crippen molar-refractivity contribution in [3.63, 3.8) is 0 Å². The molecule has 2 unspecified atom stereocenters. The lowest BCUT2D eigenvalue weighted by Gasteiger charge is -2.29. The Labute approximate surface area is 119 Å². The van der Waals surface area contributed by atoms with Gasteiger partial charge in [-0.15, -0.1) is 5.10 Å². The lowest BCUT2D eigenvalue weighted by Crippen LogP contribution is -2.24. The lowest BCUT2D eigenvalue weighted by atomic mass is 9.84. The summed E-state index contributed by atoms with van der Waals surface area (Å²) >= 11 is 0. The topological polar surface area (TPSA) is 56.7 Å². The summed E-state index contributed by atoms with van der Waals surface area (Å²) in [5, 5.41) is 4.07. The first-order chi connectivity index (χ1) is 9.86. The predicted molar refractivity (Wildman–Crippen MR) is 71.7 cm³/mol. The average Bonchev–Trinajstić information content (AvgIpc) is 2.79. The van der Waals surface area contributed by atoms with Gasteiger partial charge in [-0.25, -0.2) is 4.68 Å². The number of rotatable bonds is 1. The molecule has 21 heavy (non-hydrogen) atoms.